The summed E-state index contributed by atoms with van der Waals surface area (Å²) in [5.41, 5.74) is 11.2. The largest absolute Gasteiger partial charge is 0.504 e. The smallest absolute Gasteiger partial charge is 0.237 e. The molecule has 104 valence electrons. The van der Waals surface area contributed by atoms with Crippen molar-refractivity contribution >= 4 is 11.8 Å². The van der Waals surface area contributed by atoms with E-state index in [-0.39, 0.29) is 30.9 Å². The van der Waals surface area contributed by atoms with E-state index >= 15 is 0 Å². The Morgan fingerprint density at radius 3 is 2.53 bits per heavy atom. The average Bonchev–Trinajstić information content (AvgIpc) is 2.33. The Morgan fingerprint density at radius 1 is 1.26 bits per heavy atom. The van der Waals surface area contributed by atoms with Crippen molar-refractivity contribution in [2.45, 2.75) is 18.9 Å². The maximum Gasteiger partial charge on any atom is 0.237 e. The lowest BCUT2D eigenvalue weighted by Crippen LogP contribution is -2.42. The van der Waals surface area contributed by atoms with Crippen LogP contribution in [0.4, 0.5) is 0 Å². The maximum absolute atomic E-state index is 11.6. The van der Waals surface area contributed by atoms with E-state index < -0.39 is 17.9 Å². The number of carbonyl (C=O) groups is 2. The van der Waals surface area contributed by atoms with Gasteiger partial charge in [-0.1, -0.05) is 6.07 Å². The minimum absolute atomic E-state index is 0.0540. The maximum atomic E-state index is 11.6. The van der Waals surface area contributed by atoms with Gasteiger partial charge in [-0.05, 0) is 24.1 Å². The molecule has 0 heterocycles. The number of phenolic OH excluding ortho intramolecular Hbond substituents is 2. The first-order valence-corrected chi connectivity index (χ1v) is 5.72. The third-order valence-electron chi connectivity index (χ3n) is 2.50. The van der Waals surface area contributed by atoms with Crippen LogP contribution in [0, 0.1) is 0 Å². The zero-order valence-corrected chi connectivity index (χ0v) is 10.3. The second-order valence-corrected chi connectivity index (χ2v) is 4.14. The summed E-state index contributed by atoms with van der Waals surface area (Å²) in [6, 6.07) is 3.41. The summed E-state index contributed by atoms with van der Waals surface area (Å²) in [7, 11) is 0. The van der Waals surface area contributed by atoms with Crippen LogP contribution in [0.5, 0.6) is 11.5 Å². The van der Waals surface area contributed by atoms with Crippen molar-refractivity contribution in [1.29, 1.82) is 0 Å². The monoisotopic (exact) mass is 267 g/mol. The summed E-state index contributed by atoms with van der Waals surface area (Å²) in [5.74, 6) is -1.41. The topological polar surface area (TPSA) is 139 Å². The lowest BCUT2D eigenvalue weighted by atomic mass is 10.1. The molecule has 19 heavy (non-hydrogen) atoms. The molecule has 1 rings (SSSR count). The fourth-order valence-corrected chi connectivity index (χ4v) is 1.48. The van der Waals surface area contributed by atoms with Crippen LogP contribution in [-0.2, 0) is 16.0 Å². The Balaban J connectivity index is 2.49. The van der Waals surface area contributed by atoms with Crippen LogP contribution >= 0.6 is 0 Å². The number of hydrogen-bond donors (Lipinski definition) is 5. The fourth-order valence-electron chi connectivity index (χ4n) is 1.48. The van der Waals surface area contributed by atoms with Gasteiger partial charge in [-0.2, -0.15) is 0 Å². The standard InChI is InChI=1S/C12H17N3O4/c13-8(12(19)15-4-3-11(14)18)5-7-1-2-9(16)10(17)6-7/h1-2,6,8,16-17H,3-5,13H2,(H2,14,18)(H,15,19)/t8-/m0/s1. The minimum atomic E-state index is -0.809. The molecular weight excluding hydrogens is 250 g/mol. The number of phenols is 2. The van der Waals surface area contributed by atoms with E-state index in [1.54, 1.807) is 6.07 Å². The molecule has 0 aliphatic carbocycles. The van der Waals surface area contributed by atoms with Gasteiger partial charge in [0.15, 0.2) is 11.5 Å². The molecule has 0 bridgehead atoms. The highest BCUT2D eigenvalue weighted by Gasteiger charge is 2.14. The Labute approximate surface area is 110 Å². The second-order valence-electron chi connectivity index (χ2n) is 4.14. The molecule has 0 radical (unpaired) electrons. The van der Waals surface area contributed by atoms with Crippen LogP contribution < -0.4 is 16.8 Å². The average molecular weight is 267 g/mol. The van der Waals surface area contributed by atoms with Crippen LogP contribution in [-0.4, -0.2) is 34.6 Å². The molecule has 0 spiro atoms. The van der Waals surface area contributed by atoms with Crippen molar-refractivity contribution in [2.24, 2.45) is 11.5 Å². The van der Waals surface area contributed by atoms with Crippen molar-refractivity contribution < 1.29 is 19.8 Å². The summed E-state index contributed by atoms with van der Waals surface area (Å²) >= 11 is 0. The quantitative estimate of drug-likeness (QED) is 0.419. The number of amides is 2. The molecule has 0 aromatic heterocycles. The molecule has 2 amide bonds. The summed E-state index contributed by atoms with van der Waals surface area (Å²) in [5, 5.41) is 20.9. The van der Waals surface area contributed by atoms with Gasteiger partial charge in [0.2, 0.25) is 11.8 Å². The van der Waals surface area contributed by atoms with Gasteiger partial charge < -0.3 is 27.0 Å². The zero-order valence-electron chi connectivity index (χ0n) is 10.3. The summed E-state index contributed by atoms with van der Waals surface area (Å²) in [6.07, 6.45) is 0.259. The van der Waals surface area contributed by atoms with Crippen LogP contribution in [0.2, 0.25) is 0 Å². The molecule has 7 nitrogen and oxygen atoms in total. The summed E-state index contributed by atoms with van der Waals surface area (Å²) in [4.78, 5) is 22.1. The number of aromatic hydroxyl groups is 2. The fraction of sp³-hybridized carbons (Fsp3) is 0.333. The highest BCUT2D eigenvalue weighted by Crippen LogP contribution is 2.25. The lowest BCUT2D eigenvalue weighted by molar-refractivity contribution is -0.122. The third-order valence-corrected chi connectivity index (χ3v) is 2.50. The van der Waals surface area contributed by atoms with Crippen LogP contribution in [0.3, 0.4) is 0 Å². The van der Waals surface area contributed by atoms with Crippen LogP contribution in [0.1, 0.15) is 12.0 Å². The predicted octanol–water partition coefficient (Wildman–Crippen LogP) is -1.04. The number of primary amides is 1. The van der Waals surface area contributed by atoms with Gasteiger partial charge in [-0.15, -0.1) is 0 Å². The number of benzene rings is 1. The van der Waals surface area contributed by atoms with Gasteiger partial charge >= 0.3 is 0 Å². The van der Waals surface area contributed by atoms with Crippen LogP contribution in [0.15, 0.2) is 18.2 Å². The highest BCUT2D eigenvalue weighted by molar-refractivity contribution is 5.82. The van der Waals surface area contributed by atoms with Crippen molar-refractivity contribution in [3.8, 4) is 11.5 Å². The molecule has 0 saturated carbocycles. The molecule has 0 fully saturated rings. The molecular formula is C12H17N3O4. The van der Waals surface area contributed by atoms with E-state index in [4.69, 9.17) is 16.6 Å². The van der Waals surface area contributed by atoms with Gasteiger partial charge in [-0.3, -0.25) is 9.59 Å². The first kappa shape index (κ1) is 14.8. The van der Waals surface area contributed by atoms with E-state index in [2.05, 4.69) is 5.32 Å². The molecule has 1 aromatic rings. The van der Waals surface area contributed by atoms with Crippen molar-refractivity contribution in [3.05, 3.63) is 23.8 Å². The lowest BCUT2D eigenvalue weighted by Gasteiger charge is -2.12. The number of rotatable bonds is 6. The Hall–Kier alpha value is -2.28. The van der Waals surface area contributed by atoms with E-state index in [9.17, 15) is 14.7 Å². The van der Waals surface area contributed by atoms with Gasteiger partial charge in [0.25, 0.3) is 0 Å². The van der Waals surface area contributed by atoms with Crippen LogP contribution in [0.25, 0.3) is 0 Å². The Morgan fingerprint density at radius 2 is 1.95 bits per heavy atom. The van der Waals surface area contributed by atoms with Gasteiger partial charge in [0.1, 0.15) is 0 Å². The number of hydrogen-bond acceptors (Lipinski definition) is 5. The number of nitrogens with one attached hydrogen (secondary N) is 1. The Bertz CT molecular complexity index is 476. The molecule has 0 aliphatic rings. The molecule has 7 N–H and O–H groups in total. The molecule has 7 heteroatoms. The van der Waals surface area contributed by atoms with E-state index in [1.165, 1.54) is 12.1 Å². The molecule has 0 aliphatic heterocycles. The molecule has 0 saturated heterocycles. The van der Waals surface area contributed by atoms with Gasteiger partial charge in [0.05, 0.1) is 6.04 Å². The van der Waals surface area contributed by atoms with E-state index in [1.807, 2.05) is 0 Å². The van der Waals surface area contributed by atoms with E-state index in [0.717, 1.165) is 0 Å². The third kappa shape index (κ3) is 4.84. The van der Waals surface area contributed by atoms with E-state index in [0.29, 0.717) is 5.56 Å². The SMILES string of the molecule is NC(=O)CCNC(=O)[C@@H](N)Cc1ccc(O)c(O)c1. The van der Waals surface area contributed by atoms with Crippen molar-refractivity contribution in [3.63, 3.8) is 0 Å². The first-order chi connectivity index (χ1) is 8.90. The molecule has 0 unspecified atom stereocenters. The Kier molecular flexibility index (Phi) is 5.13. The van der Waals surface area contributed by atoms with Gasteiger partial charge in [0, 0.05) is 13.0 Å². The first-order valence-electron chi connectivity index (χ1n) is 5.72. The summed E-state index contributed by atoms with van der Waals surface area (Å²) < 4.78 is 0. The second kappa shape index (κ2) is 6.60. The highest BCUT2D eigenvalue weighted by atomic mass is 16.3. The molecule has 1 atom stereocenters. The normalized spacial score (nSPS) is 11.8. The molecule has 1 aromatic carbocycles. The number of carbonyl (C=O) groups excluding carboxylic acids is 2. The zero-order chi connectivity index (χ0) is 14.4. The number of nitrogens with two attached hydrogens (primary N) is 2. The van der Waals surface area contributed by atoms with Gasteiger partial charge in [-0.25, -0.2) is 0 Å². The predicted molar refractivity (Wildman–Crippen MR) is 68.3 cm³/mol. The summed E-state index contributed by atoms with van der Waals surface area (Å²) in [6.45, 7) is 0.142. The van der Waals surface area contributed by atoms with Crippen molar-refractivity contribution in [1.82, 2.24) is 5.32 Å². The minimum Gasteiger partial charge on any atom is -0.504 e. The van der Waals surface area contributed by atoms with Crippen molar-refractivity contribution in [2.75, 3.05) is 6.54 Å².